The minimum absolute atomic E-state index is 0.0254. The van der Waals surface area contributed by atoms with Crippen LogP contribution in [-0.2, 0) is 4.79 Å². The molecular weight excluding hydrogens is 202 g/mol. The van der Waals surface area contributed by atoms with Crippen LogP contribution in [0.3, 0.4) is 0 Å². The zero-order valence-electron chi connectivity index (χ0n) is 9.27. The van der Waals surface area contributed by atoms with E-state index in [0.29, 0.717) is 12.0 Å². The van der Waals surface area contributed by atoms with Crippen LogP contribution in [0.15, 0.2) is 43.0 Å². The zero-order valence-corrected chi connectivity index (χ0v) is 9.27. The third-order valence-electron chi connectivity index (χ3n) is 2.16. The van der Waals surface area contributed by atoms with Crippen molar-refractivity contribution in [2.45, 2.75) is 19.4 Å². The number of carbonyl (C=O) groups is 2. The normalized spacial score (nSPS) is 11.6. The highest BCUT2D eigenvalue weighted by atomic mass is 16.1. The van der Waals surface area contributed by atoms with Gasteiger partial charge in [-0.25, -0.2) is 0 Å². The summed E-state index contributed by atoms with van der Waals surface area (Å²) in [6, 6.07) is 8.85. The predicted molar refractivity (Wildman–Crippen MR) is 63.2 cm³/mol. The van der Waals surface area contributed by atoms with Gasteiger partial charge < -0.3 is 5.32 Å². The van der Waals surface area contributed by atoms with Gasteiger partial charge in [-0.05, 0) is 13.0 Å². The lowest BCUT2D eigenvalue weighted by atomic mass is 10.0. The largest absolute Gasteiger partial charge is 0.350 e. The van der Waals surface area contributed by atoms with E-state index in [0.717, 1.165) is 0 Å². The second-order valence-electron chi connectivity index (χ2n) is 3.61. The van der Waals surface area contributed by atoms with Crippen LogP contribution in [0.5, 0.6) is 0 Å². The monoisotopic (exact) mass is 217 g/mol. The summed E-state index contributed by atoms with van der Waals surface area (Å²) < 4.78 is 0. The molecule has 0 bridgehead atoms. The second-order valence-corrected chi connectivity index (χ2v) is 3.61. The molecule has 0 heterocycles. The van der Waals surface area contributed by atoms with E-state index >= 15 is 0 Å². The van der Waals surface area contributed by atoms with Crippen LogP contribution in [0.1, 0.15) is 23.7 Å². The maximum absolute atomic E-state index is 11.7. The van der Waals surface area contributed by atoms with E-state index in [9.17, 15) is 9.59 Å². The van der Waals surface area contributed by atoms with Gasteiger partial charge in [0.15, 0.2) is 5.78 Å². The van der Waals surface area contributed by atoms with Gasteiger partial charge in [0.05, 0.1) is 0 Å². The first-order chi connectivity index (χ1) is 7.63. The number of carbonyl (C=O) groups excluding carboxylic acids is 2. The number of Topliss-reactive ketones (excluding diaryl/α,β-unsaturated/α-hetero) is 1. The molecule has 1 aromatic carbocycles. The van der Waals surface area contributed by atoms with Crippen molar-refractivity contribution in [3.8, 4) is 0 Å². The molecule has 1 atom stereocenters. The Hall–Kier alpha value is -1.90. The molecule has 0 aliphatic carbocycles. The molecule has 3 nitrogen and oxygen atoms in total. The summed E-state index contributed by atoms with van der Waals surface area (Å²) >= 11 is 0. The van der Waals surface area contributed by atoms with Gasteiger partial charge in [0.25, 0.3) is 0 Å². The fraction of sp³-hybridized carbons (Fsp3) is 0.231. The first-order valence-electron chi connectivity index (χ1n) is 5.14. The molecule has 3 heteroatoms. The highest BCUT2D eigenvalue weighted by Gasteiger charge is 2.11. The summed E-state index contributed by atoms with van der Waals surface area (Å²) in [7, 11) is 0. The summed E-state index contributed by atoms with van der Waals surface area (Å²) in [6.45, 7) is 5.15. The van der Waals surface area contributed by atoms with Gasteiger partial charge in [-0.3, -0.25) is 9.59 Å². The molecule has 0 saturated heterocycles. The minimum atomic E-state index is -0.256. The molecule has 0 aliphatic heterocycles. The lowest BCUT2D eigenvalue weighted by Crippen LogP contribution is -2.32. The lowest BCUT2D eigenvalue weighted by Gasteiger charge is -2.11. The molecule has 0 radical (unpaired) electrons. The van der Waals surface area contributed by atoms with Crippen LogP contribution in [-0.4, -0.2) is 17.7 Å². The molecule has 16 heavy (non-hydrogen) atoms. The molecule has 1 amide bonds. The highest BCUT2D eigenvalue weighted by molar-refractivity contribution is 5.96. The smallest absolute Gasteiger partial charge is 0.243 e. The molecular formula is C13H15NO2. The molecule has 1 aromatic rings. The van der Waals surface area contributed by atoms with Gasteiger partial charge in [-0.2, -0.15) is 0 Å². The molecule has 0 spiro atoms. The van der Waals surface area contributed by atoms with Crippen molar-refractivity contribution >= 4 is 11.7 Å². The second kappa shape index (κ2) is 5.85. The van der Waals surface area contributed by atoms with Crippen LogP contribution < -0.4 is 5.32 Å². The SMILES string of the molecule is C=CC(=O)NC(C)CC(=O)c1ccccc1. The molecule has 1 unspecified atom stereocenters. The molecule has 0 aliphatic rings. The average Bonchev–Trinajstić information content (AvgIpc) is 2.29. The average molecular weight is 217 g/mol. The van der Waals surface area contributed by atoms with Crippen LogP contribution in [0.25, 0.3) is 0 Å². The summed E-state index contributed by atoms with van der Waals surface area (Å²) in [4.78, 5) is 22.7. The van der Waals surface area contributed by atoms with Crippen LogP contribution in [0.2, 0.25) is 0 Å². The van der Waals surface area contributed by atoms with E-state index in [1.54, 1.807) is 19.1 Å². The first kappa shape index (κ1) is 12.2. The van der Waals surface area contributed by atoms with Crippen molar-refractivity contribution in [1.29, 1.82) is 0 Å². The molecule has 1 rings (SSSR count). The van der Waals surface area contributed by atoms with Gasteiger partial charge >= 0.3 is 0 Å². The summed E-state index contributed by atoms with van der Waals surface area (Å²) in [6.07, 6.45) is 1.49. The van der Waals surface area contributed by atoms with Gasteiger partial charge in [-0.15, -0.1) is 0 Å². The Balaban J connectivity index is 2.52. The van der Waals surface area contributed by atoms with Gasteiger partial charge in [0, 0.05) is 18.0 Å². The molecule has 1 N–H and O–H groups in total. The van der Waals surface area contributed by atoms with E-state index < -0.39 is 0 Å². The summed E-state index contributed by atoms with van der Waals surface area (Å²) in [5, 5.41) is 2.65. The Morgan fingerprint density at radius 2 is 2.00 bits per heavy atom. The van der Waals surface area contributed by atoms with E-state index in [-0.39, 0.29) is 17.7 Å². The van der Waals surface area contributed by atoms with Crippen molar-refractivity contribution in [3.63, 3.8) is 0 Å². The number of ketones is 1. The fourth-order valence-corrected chi connectivity index (χ4v) is 1.37. The van der Waals surface area contributed by atoms with E-state index in [1.165, 1.54) is 6.08 Å². The van der Waals surface area contributed by atoms with Gasteiger partial charge in [-0.1, -0.05) is 36.9 Å². The van der Waals surface area contributed by atoms with Crippen LogP contribution in [0.4, 0.5) is 0 Å². The Kier molecular flexibility index (Phi) is 4.45. The Morgan fingerprint density at radius 3 is 2.56 bits per heavy atom. The number of benzene rings is 1. The van der Waals surface area contributed by atoms with E-state index in [2.05, 4.69) is 11.9 Å². The maximum Gasteiger partial charge on any atom is 0.243 e. The van der Waals surface area contributed by atoms with Crippen molar-refractivity contribution in [2.24, 2.45) is 0 Å². The minimum Gasteiger partial charge on any atom is -0.350 e. The van der Waals surface area contributed by atoms with Crippen molar-refractivity contribution < 1.29 is 9.59 Å². The number of rotatable bonds is 5. The third kappa shape index (κ3) is 3.69. The topological polar surface area (TPSA) is 46.2 Å². The van der Waals surface area contributed by atoms with Crippen LogP contribution in [0, 0.1) is 0 Å². The predicted octanol–water partition coefficient (Wildman–Crippen LogP) is 1.95. The highest BCUT2D eigenvalue weighted by Crippen LogP contribution is 2.05. The van der Waals surface area contributed by atoms with E-state index in [4.69, 9.17) is 0 Å². The number of amides is 1. The van der Waals surface area contributed by atoms with E-state index in [1.807, 2.05) is 18.2 Å². The summed E-state index contributed by atoms with van der Waals surface area (Å²) in [5.74, 6) is -0.231. The Bertz CT molecular complexity index is 384. The molecule has 84 valence electrons. The number of hydrogen-bond acceptors (Lipinski definition) is 2. The molecule has 0 saturated carbocycles. The van der Waals surface area contributed by atoms with Crippen molar-refractivity contribution in [3.05, 3.63) is 48.6 Å². The van der Waals surface area contributed by atoms with Gasteiger partial charge in [0.1, 0.15) is 0 Å². The van der Waals surface area contributed by atoms with Crippen molar-refractivity contribution in [1.82, 2.24) is 5.32 Å². The van der Waals surface area contributed by atoms with Crippen LogP contribution >= 0.6 is 0 Å². The summed E-state index contributed by atoms with van der Waals surface area (Å²) in [5.41, 5.74) is 0.669. The molecule has 0 aromatic heterocycles. The quantitative estimate of drug-likeness (QED) is 0.605. The number of hydrogen-bond donors (Lipinski definition) is 1. The first-order valence-corrected chi connectivity index (χ1v) is 5.14. The number of nitrogens with one attached hydrogen (secondary N) is 1. The Morgan fingerprint density at radius 1 is 1.38 bits per heavy atom. The lowest BCUT2D eigenvalue weighted by molar-refractivity contribution is -0.117. The van der Waals surface area contributed by atoms with Crippen molar-refractivity contribution in [2.75, 3.05) is 0 Å². The Labute approximate surface area is 95.2 Å². The van der Waals surface area contributed by atoms with Gasteiger partial charge in [0.2, 0.25) is 5.91 Å². The maximum atomic E-state index is 11.7. The zero-order chi connectivity index (χ0) is 12.0. The standard InChI is InChI=1S/C13H15NO2/c1-3-13(16)14-10(2)9-12(15)11-7-5-4-6-8-11/h3-8,10H,1,9H2,2H3,(H,14,16). The molecule has 0 fully saturated rings. The third-order valence-corrected chi connectivity index (χ3v) is 2.16. The fourth-order valence-electron chi connectivity index (χ4n) is 1.37.